The van der Waals surface area contributed by atoms with E-state index >= 15 is 0 Å². The van der Waals surface area contributed by atoms with Gasteiger partial charge in [-0.1, -0.05) is 0 Å². The van der Waals surface area contributed by atoms with E-state index in [1.165, 1.54) is 11.3 Å². The number of rotatable bonds is 5. The number of benzene rings is 1. The minimum absolute atomic E-state index is 0.257. The molecule has 5 aromatic rings. The van der Waals surface area contributed by atoms with E-state index in [-0.39, 0.29) is 11.9 Å². The first kappa shape index (κ1) is 24.7. The van der Waals surface area contributed by atoms with E-state index in [2.05, 4.69) is 20.9 Å². The summed E-state index contributed by atoms with van der Waals surface area (Å²) in [6, 6.07) is 6.13. The number of alkyl halides is 3. The fourth-order valence-electron chi connectivity index (χ4n) is 5.33. The standard InChI is InChI=1S/C27H25F3N6O2S/c1-37-17-13-35(14-17)12-15-8-20-22-23(39-26(20)32-11-15)25(36-4-6-38-7-5-36)34-24(33-22)19-9-16(27(28,29)30)10-21-18(19)2-3-31-21/h2-3,8-11,17,31H,4-7,12-14H2,1H3. The predicted molar refractivity (Wildman–Crippen MR) is 144 cm³/mol. The van der Waals surface area contributed by atoms with Crippen molar-refractivity contribution in [3.8, 4) is 11.4 Å². The molecule has 2 aliphatic rings. The zero-order valence-corrected chi connectivity index (χ0v) is 21.9. The van der Waals surface area contributed by atoms with Crippen LogP contribution in [-0.2, 0) is 22.2 Å². The number of methoxy groups -OCH3 is 1. The number of aromatic amines is 1. The van der Waals surface area contributed by atoms with Gasteiger partial charge in [-0.25, -0.2) is 15.0 Å². The highest BCUT2D eigenvalue weighted by molar-refractivity contribution is 7.25. The van der Waals surface area contributed by atoms with Crippen LogP contribution >= 0.6 is 11.3 Å². The van der Waals surface area contributed by atoms with Crippen LogP contribution in [0.2, 0.25) is 0 Å². The van der Waals surface area contributed by atoms with Crippen molar-refractivity contribution in [3.63, 3.8) is 0 Å². The molecule has 0 aliphatic carbocycles. The van der Waals surface area contributed by atoms with Crippen molar-refractivity contribution < 1.29 is 22.6 Å². The molecule has 12 heteroatoms. The maximum absolute atomic E-state index is 13.8. The monoisotopic (exact) mass is 554 g/mol. The minimum Gasteiger partial charge on any atom is -0.379 e. The van der Waals surface area contributed by atoms with Crippen LogP contribution in [0.25, 0.3) is 42.7 Å². The first-order chi connectivity index (χ1) is 18.9. The van der Waals surface area contributed by atoms with E-state index in [1.54, 1.807) is 19.4 Å². The van der Waals surface area contributed by atoms with Gasteiger partial charge in [-0.2, -0.15) is 13.2 Å². The van der Waals surface area contributed by atoms with Gasteiger partial charge in [-0.3, -0.25) is 4.90 Å². The lowest BCUT2D eigenvalue weighted by Gasteiger charge is -2.38. The second kappa shape index (κ2) is 9.40. The molecule has 2 aliphatic heterocycles. The largest absolute Gasteiger partial charge is 0.416 e. The number of hydrogen-bond donors (Lipinski definition) is 1. The molecule has 7 rings (SSSR count). The number of H-pyrrole nitrogens is 1. The maximum Gasteiger partial charge on any atom is 0.416 e. The molecule has 1 aromatic carbocycles. The summed E-state index contributed by atoms with van der Waals surface area (Å²) in [4.78, 5) is 22.7. The summed E-state index contributed by atoms with van der Waals surface area (Å²) < 4.78 is 53.3. The number of hydrogen-bond acceptors (Lipinski definition) is 8. The molecule has 2 fully saturated rings. The molecule has 0 radical (unpaired) electrons. The smallest absolute Gasteiger partial charge is 0.379 e. The van der Waals surface area contributed by atoms with Gasteiger partial charge in [0.25, 0.3) is 0 Å². The molecular weight excluding hydrogens is 529 g/mol. The number of thiophene rings is 1. The molecule has 39 heavy (non-hydrogen) atoms. The van der Waals surface area contributed by atoms with Gasteiger partial charge in [0, 0.05) is 74.1 Å². The molecular formula is C27H25F3N6O2S. The molecule has 0 unspecified atom stereocenters. The molecule has 2 saturated heterocycles. The molecule has 202 valence electrons. The van der Waals surface area contributed by atoms with Gasteiger partial charge in [0.2, 0.25) is 0 Å². The highest BCUT2D eigenvalue weighted by Gasteiger charge is 2.32. The first-order valence-electron chi connectivity index (χ1n) is 12.7. The van der Waals surface area contributed by atoms with E-state index in [9.17, 15) is 13.2 Å². The Kier molecular flexibility index (Phi) is 5.96. The van der Waals surface area contributed by atoms with Gasteiger partial charge in [0.1, 0.15) is 4.83 Å². The van der Waals surface area contributed by atoms with Crippen molar-refractivity contribution in [2.45, 2.75) is 18.8 Å². The Hall–Kier alpha value is -3.32. The van der Waals surface area contributed by atoms with E-state index in [4.69, 9.17) is 24.4 Å². The van der Waals surface area contributed by atoms with Crippen LogP contribution in [0.5, 0.6) is 0 Å². The fraction of sp³-hybridized carbons (Fsp3) is 0.370. The van der Waals surface area contributed by atoms with Crippen LogP contribution in [0, 0.1) is 0 Å². The quantitative estimate of drug-likeness (QED) is 0.325. The summed E-state index contributed by atoms with van der Waals surface area (Å²) in [6.07, 6.45) is -0.725. The summed E-state index contributed by atoms with van der Waals surface area (Å²) in [5.74, 6) is 0.963. The third-order valence-corrected chi connectivity index (χ3v) is 8.52. The van der Waals surface area contributed by atoms with Gasteiger partial charge in [0.05, 0.1) is 35.1 Å². The summed E-state index contributed by atoms with van der Waals surface area (Å²) in [5, 5.41) is 1.52. The maximum atomic E-state index is 13.8. The molecule has 0 spiro atoms. The number of morpholine rings is 1. The van der Waals surface area contributed by atoms with E-state index in [0.29, 0.717) is 54.1 Å². The van der Waals surface area contributed by atoms with Crippen molar-refractivity contribution in [1.29, 1.82) is 0 Å². The second-order valence-corrected chi connectivity index (χ2v) is 11.0. The Morgan fingerprint density at radius 2 is 1.95 bits per heavy atom. The van der Waals surface area contributed by atoms with E-state index in [0.717, 1.165) is 52.2 Å². The van der Waals surface area contributed by atoms with Crippen molar-refractivity contribution >= 4 is 48.5 Å². The zero-order chi connectivity index (χ0) is 26.7. The zero-order valence-electron chi connectivity index (χ0n) is 21.1. The second-order valence-electron chi connectivity index (χ2n) is 9.96. The Labute approximate surface area is 225 Å². The van der Waals surface area contributed by atoms with Gasteiger partial charge >= 0.3 is 6.18 Å². The molecule has 0 amide bonds. The summed E-state index contributed by atoms with van der Waals surface area (Å²) in [6.45, 7) is 4.86. The first-order valence-corrected chi connectivity index (χ1v) is 13.5. The van der Waals surface area contributed by atoms with Gasteiger partial charge in [-0.15, -0.1) is 11.3 Å². The number of fused-ring (bicyclic) bond motifs is 4. The van der Waals surface area contributed by atoms with Gasteiger partial charge < -0.3 is 19.4 Å². The van der Waals surface area contributed by atoms with Crippen LogP contribution in [0.15, 0.2) is 36.7 Å². The number of likely N-dealkylation sites (tertiary alicyclic amines) is 1. The van der Waals surface area contributed by atoms with Gasteiger partial charge in [-0.05, 0) is 29.8 Å². The number of aromatic nitrogens is 4. The van der Waals surface area contributed by atoms with Gasteiger partial charge in [0.15, 0.2) is 11.6 Å². The number of ether oxygens (including phenoxy) is 2. The fourth-order valence-corrected chi connectivity index (χ4v) is 6.41. The van der Waals surface area contributed by atoms with Crippen LogP contribution < -0.4 is 4.90 Å². The molecule has 0 atom stereocenters. The van der Waals surface area contributed by atoms with Crippen LogP contribution in [0.4, 0.5) is 19.0 Å². The Morgan fingerprint density at radius 1 is 1.13 bits per heavy atom. The molecule has 8 nitrogen and oxygen atoms in total. The molecule has 1 N–H and O–H groups in total. The average molecular weight is 555 g/mol. The minimum atomic E-state index is -4.50. The Bertz CT molecular complexity index is 1690. The number of halogens is 3. The summed E-state index contributed by atoms with van der Waals surface area (Å²) in [7, 11) is 1.72. The van der Waals surface area contributed by atoms with Crippen LogP contribution in [0.1, 0.15) is 11.1 Å². The van der Waals surface area contributed by atoms with Crippen LogP contribution in [-0.4, -0.2) is 77.4 Å². The molecule has 0 saturated carbocycles. The Balaban J connectivity index is 1.41. The number of pyridine rings is 1. The SMILES string of the molecule is COC1CN(Cc2cnc3sc4c(N5CCOCC5)nc(-c5cc(C(F)(F)F)cc6[nH]ccc56)nc4c3c2)C1. The van der Waals surface area contributed by atoms with Crippen molar-refractivity contribution in [3.05, 3.63) is 47.8 Å². The van der Waals surface area contributed by atoms with Crippen molar-refractivity contribution in [2.24, 2.45) is 0 Å². The normalized spacial score (nSPS) is 17.5. The summed E-state index contributed by atoms with van der Waals surface area (Å²) in [5.41, 5.74) is 1.74. The molecule has 6 heterocycles. The lowest BCUT2D eigenvalue weighted by molar-refractivity contribution is -0.137. The predicted octanol–water partition coefficient (Wildman–Crippen LogP) is 5.07. The van der Waals surface area contributed by atoms with Crippen LogP contribution in [0.3, 0.4) is 0 Å². The topological polar surface area (TPSA) is 79.4 Å². The lowest BCUT2D eigenvalue weighted by atomic mass is 10.0. The lowest BCUT2D eigenvalue weighted by Crippen LogP contribution is -2.50. The molecule has 0 bridgehead atoms. The highest BCUT2D eigenvalue weighted by Crippen LogP contribution is 2.41. The molecule has 4 aromatic heterocycles. The number of anilines is 1. The number of nitrogens with zero attached hydrogens (tertiary/aromatic N) is 5. The van der Waals surface area contributed by atoms with Crippen molar-refractivity contribution in [2.75, 3.05) is 51.4 Å². The highest BCUT2D eigenvalue weighted by atomic mass is 32.1. The van der Waals surface area contributed by atoms with E-state index in [1.807, 2.05) is 6.20 Å². The number of nitrogens with one attached hydrogen (secondary N) is 1. The average Bonchev–Trinajstić information content (AvgIpc) is 3.54. The summed E-state index contributed by atoms with van der Waals surface area (Å²) >= 11 is 1.51. The van der Waals surface area contributed by atoms with E-state index < -0.39 is 11.7 Å². The Morgan fingerprint density at radius 3 is 2.72 bits per heavy atom. The third-order valence-electron chi connectivity index (χ3n) is 7.42. The third kappa shape index (κ3) is 4.41. The van der Waals surface area contributed by atoms with Crippen molar-refractivity contribution in [1.82, 2.24) is 24.8 Å².